The second-order valence-corrected chi connectivity index (χ2v) is 4.96. The van der Waals surface area contributed by atoms with E-state index in [1.807, 2.05) is 0 Å². The first-order chi connectivity index (χ1) is 8.88. The number of H-pyrrole nitrogens is 1. The Bertz CT molecular complexity index is 605. The number of ketones is 1. The van der Waals surface area contributed by atoms with Crippen molar-refractivity contribution in [3.63, 3.8) is 0 Å². The Morgan fingerprint density at radius 2 is 2.32 bits per heavy atom. The average Bonchev–Trinajstić information content (AvgIpc) is 2.67. The van der Waals surface area contributed by atoms with Crippen LogP contribution in [0, 0.1) is 5.41 Å². The Labute approximate surface area is 108 Å². The minimum Gasteiger partial charge on any atom is -0.394 e. The molecule has 2 heterocycles. The molecule has 0 radical (unpaired) electrons. The van der Waals surface area contributed by atoms with E-state index >= 15 is 0 Å². The number of aromatic amines is 1. The maximum Gasteiger partial charge on any atom is 0.330 e. The molecule has 3 atom stereocenters. The first-order valence-corrected chi connectivity index (χ1v) is 5.97. The van der Waals surface area contributed by atoms with Gasteiger partial charge in [-0.2, -0.15) is 0 Å². The van der Waals surface area contributed by atoms with Gasteiger partial charge >= 0.3 is 5.69 Å². The molecule has 1 aliphatic rings. The van der Waals surface area contributed by atoms with E-state index in [1.165, 1.54) is 23.8 Å². The zero-order chi connectivity index (χ0) is 14.2. The predicted molar refractivity (Wildman–Crippen MR) is 65.7 cm³/mol. The molecule has 2 N–H and O–H groups in total. The first kappa shape index (κ1) is 13.7. The van der Waals surface area contributed by atoms with Gasteiger partial charge in [0.05, 0.1) is 18.1 Å². The lowest BCUT2D eigenvalue weighted by atomic mass is 9.79. The van der Waals surface area contributed by atoms with Crippen molar-refractivity contribution in [2.45, 2.75) is 32.6 Å². The summed E-state index contributed by atoms with van der Waals surface area (Å²) in [7, 11) is 0. The van der Waals surface area contributed by atoms with Crippen molar-refractivity contribution < 1.29 is 14.6 Å². The van der Waals surface area contributed by atoms with Gasteiger partial charge in [0.1, 0.15) is 12.0 Å². The molecule has 0 spiro atoms. The van der Waals surface area contributed by atoms with Crippen molar-refractivity contribution in [2.24, 2.45) is 5.41 Å². The van der Waals surface area contributed by atoms with E-state index in [-0.39, 0.29) is 18.8 Å². The van der Waals surface area contributed by atoms with E-state index < -0.39 is 29.0 Å². The number of carbonyl (C=O) groups excluding carboxylic acids is 1. The van der Waals surface area contributed by atoms with Gasteiger partial charge in [-0.05, 0) is 13.8 Å². The lowest BCUT2D eigenvalue weighted by molar-refractivity contribution is -0.130. The molecule has 0 saturated carbocycles. The van der Waals surface area contributed by atoms with Gasteiger partial charge in [0.15, 0.2) is 0 Å². The lowest BCUT2D eigenvalue weighted by Crippen LogP contribution is -2.36. The summed E-state index contributed by atoms with van der Waals surface area (Å²) in [5.41, 5.74) is -1.93. The highest BCUT2D eigenvalue weighted by Crippen LogP contribution is 2.43. The maximum atomic E-state index is 11.7. The number of hydrogen-bond acceptors (Lipinski definition) is 5. The molecule has 2 rings (SSSR count). The van der Waals surface area contributed by atoms with Crippen LogP contribution in [0.1, 0.15) is 26.5 Å². The van der Waals surface area contributed by atoms with Gasteiger partial charge in [-0.3, -0.25) is 19.1 Å². The molecule has 7 heteroatoms. The predicted octanol–water partition coefficient (Wildman–Crippen LogP) is -0.588. The summed E-state index contributed by atoms with van der Waals surface area (Å²) in [6.07, 6.45) is 0.273. The monoisotopic (exact) mass is 268 g/mol. The van der Waals surface area contributed by atoms with Crippen molar-refractivity contribution in [3.05, 3.63) is 33.1 Å². The summed E-state index contributed by atoms with van der Waals surface area (Å²) in [5, 5.41) is 9.31. The summed E-state index contributed by atoms with van der Waals surface area (Å²) >= 11 is 0. The van der Waals surface area contributed by atoms with Crippen LogP contribution in [0.3, 0.4) is 0 Å². The fourth-order valence-corrected chi connectivity index (χ4v) is 2.32. The first-order valence-electron chi connectivity index (χ1n) is 5.97. The second-order valence-electron chi connectivity index (χ2n) is 4.96. The minimum absolute atomic E-state index is 0.105. The van der Waals surface area contributed by atoms with Gasteiger partial charge in [0.2, 0.25) is 0 Å². The van der Waals surface area contributed by atoms with E-state index in [2.05, 4.69) is 4.98 Å². The molecular weight excluding hydrogens is 252 g/mol. The number of hydrogen-bond donors (Lipinski definition) is 2. The van der Waals surface area contributed by atoms with Crippen LogP contribution in [0.5, 0.6) is 0 Å². The maximum absolute atomic E-state index is 11.7. The van der Waals surface area contributed by atoms with Crippen molar-refractivity contribution in [3.8, 4) is 0 Å². The van der Waals surface area contributed by atoms with E-state index in [4.69, 9.17) is 4.74 Å². The molecule has 0 aromatic carbocycles. The number of carbonyl (C=O) groups is 1. The van der Waals surface area contributed by atoms with Gasteiger partial charge in [-0.25, -0.2) is 4.79 Å². The molecule has 0 bridgehead atoms. The third-order valence-electron chi connectivity index (χ3n) is 3.76. The zero-order valence-electron chi connectivity index (χ0n) is 10.8. The molecule has 0 amide bonds. The summed E-state index contributed by atoms with van der Waals surface area (Å²) in [5.74, 6) is -0.105. The number of rotatable bonds is 3. The lowest BCUT2D eigenvalue weighted by Gasteiger charge is -2.24. The molecule has 3 unspecified atom stereocenters. The third kappa shape index (κ3) is 2.26. The number of aliphatic hydroxyl groups is 1. The Balaban J connectivity index is 2.37. The fourth-order valence-electron chi connectivity index (χ4n) is 2.32. The smallest absolute Gasteiger partial charge is 0.330 e. The van der Waals surface area contributed by atoms with E-state index in [9.17, 15) is 19.5 Å². The highest BCUT2D eigenvalue weighted by atomic mass is 16.5. The molecule has 1 aromatic rings. The highest BCUT2D eigenvalue weighted by Gasteiger charge is 2.48. The second kappa shape index (κ2) is 4.75. The Hall–Kier alpha value is -1.73. The van der Waals surface area contributed by atoms with Crippen LogP contribution in [0.2, 0.25) is 0 Å². The van der Waals surface area contributed by atoms with Crippen molar-refractivity contribution in [1.29, 1.82) is 0 Å². The van der Waals surface area contributed by atoms with Crippen LogP contribution >= 0.6 is 0 Å². The molecule has 19 heavy (non-hydrogen) atoms. The summed E-state index contributed by atoms with van der Waals surface area (Å²) in [6, 6.07) is 1.21. The molecule has 7 nitrogen and oxygen atoms in total. The quantitative estimate of drug-likeness (QED) is 0.763. The van der Waals surface area contributed by atoms with Crippen LogP contribution in [-0.4, -0.2) is 33.2 Å². The van der Waals surface area contributed by atoms with Gasteiger partial charge in [0, 0.05) is 18.7 Å². The molecular formula is C12H16N2O5. The molecule has 1 saturated heterocycles. The largest absolute Gasteiger partial charge is 0.394 e. The van der Waals surface area contributed by atoms with Crippen molar-refractivity contribution in [2.75, 3.05) is 6.61 Å². The number of aliphatic hydroxyl groups excluding tert-OH is 1. The van der Waals surface area contributed by atoms with Crippen molar-refractivity contribution >= 4 is 5.78 Å². The van der Waals surface area contributed by atoms with E-state index in [1.54, 1.807) is 6.92 Å². The van der Waals surface area contributed by atoms with Gasteiger partial charge in [-0.15, -0.1) is 0 Å². The summed E-state index contributed by atoms with van der Waals surface area (Å²) in [4.78, 5) is 36.5. The number of aromatic nitrogens is 2. The minimum atomic E-state index is -0.838. The standard InChI is InChI=1S/C12H16N2O5/c1-7(16)12(2)5-10(19-8(12)6-15)14-4-3-9(17)13-11(14)18/h3-4,8,10,15H,5-6H2,1-2H3,(H,13,17,18). The van der Waals surface area contributed by atoms with Crippen LogP contribution in [-0.2, 0) is 9.53 Å². The van der Waals surface area contributed by atoms with E-state index in [0.29, 0.717) is 0 Å². The fraction of sp³-hybridized carbons (Fsp3) is 0.583. The van der Waals surface area contributed by atoms with E-state index in [0.717, 1.165) is 0 Å². The summed E-state index contributed by atoms with van der Waals surface area (Å²) in [6.45, 7) is 2.83. The Morgan fingerprint density at radius 1 is 1.63 bits per heavy atom. The van der Waals surface area contributed by atoms with Crippen LogP contribution < -0.4 is 11.2 Å². The Morgan fingerprint density at radius 3 is 2.79 bits per heavy atom. The molecule has 104 valence electrons. The molecule has 0 aliphatic carbocycles. The molecule has 1 aliphatic heterocycles. The number of ether oxygens (including phenoxy) is 1. The number of nitrogens with one attached hydrogen (secondary N) is 1. The number of nitrogens with zero attached hydrogens (tertiary/aromatic N) is 1. The van der Waals surface area contributed by atoms with Crippen LogP contribution in [0.4, 0.5) is 0 Å². The number of Topliss-reactive ketones (excluding diaryl/α,β-unsaturated/α-hetero) is 1. The highest BCUT2D eigenvalue weighted by molar-refractivity contribution is 5.83. The Kier molecular flexibility index (Phi) is 3.42. The van der Waals surface area contributed by atoms with Gasteiger partial charge < -0.3 is 9.84 Å². The normalized spacial score (nSPS) is 30.5. The van der Waals surface area contributed by atoms with Gasteiger partial charge in [0.25, 0.3) is 5.56 Å². The molecule has 1 fully saturated rings. The van der Waals surface area contributed by atoms with Crippen LogP contribution in [0.15, 0.2) is 21.9 Å². The van der Waals surface area contributed by atoms with Crippen molar-refractivity contribution in [1.82, 2.24) is 9.55 Å². The third-order valence-corrected chi connectivity index (χ3v) is 3.76. The van der Waals surface area contributed by atoms with Crippen LogP contribution in [0.25, 0.3) is 0 Å². The average molecular weight is 268 g/mol. The SMILES string of the molecule is CC(=O)C1(C)CC(n2ccc(=O)[nH]c2=O)OC1CO. The zero-order valence-corrected chi connectivity index (χ0v) is 10.8. The topological polar surface area (TPSA) is 101 Å². The summed E-state index contributed by atoms with van der Waals surface area (Å²) < 4.78 is 6.78. The van der Waals surface area contributed by atoms with Gasteiger partial charge in [-0.1, -0.05) is 0 Å². The molecule has 1 aromatic heterocycles.